The van der Waals surface area contributed by atoms with Gasteiger partial charge in [0.2, 0.25) is 5.91 Å². The Bertz CT molecular complexity index is 187. The average Bonchev–Trinajstić information content (AvgIpc) is 2.12. The Morgan fingerprint density at radius 2 is 2.14 bits per heavy atom. The van der Waals surface area contributed by atoms with Gasteiger partial charge in [0.15, 0.2) is 0 Å². The van der Waals surface area contributed by atoms with Crippen LogP contribution >= 0.6 is 0 Å². The molecule has 1 amide bonds. The zero-order valence-electron chi connectivity index (χ0n) is 9.22. The number of carbonyl (C=O) groups is 1. The first-order valence-corrected chi connectivity index (χ1v) is 4.76. The molecule has 0 aromatic heterocycles. The van der Waals surface area contributed by atoms with E-state index in [-0.39, 0.29) is 5.91 Å². The van der Waals surface area contributed by atoms with Crippen molar-refractivity contribution >= 4 is 5.91 Å². The molecule has 14 heavy (non-hydrogen) atoms. The number of nitrogens with one attached hydrogen (secondary N) is 2. The van der Waals surface area contributed by atoms with Crippen molar-refractivity contribution in [2.75, 3.05) is 33.4 Å². The summed E-state index contributed by atoms with van der Waals surface area (Å²) in [5.74, 6) is 0.0126. The molecule has 0 aromatic carbocycles. The monoisotopic (exact) mass is 200 g/mol. The molecule has 0 rings (SSSR count). The van der Waals surface area contributed by atoms with Crippen LogP contribution in [0.4, 0.5) is 0 Å². The number of rotatable bonds is 7. The molecular weight excluding hydrogens is 180 g/mol. The van der Waals surface area contributed by atoms with E-state index in [1.165, 1.54) is 5.57 Å². The van der Waals surface area contributed by atoms with E-state index in [0.717, 1.165) is 0 Å². The Kier molecular flexibility index (Phi) is 8.17. The minimum Gasteiger partial charge on any atom is -0.383 e. The van der Waals surface area contributed by atoms with Crippen molar-refractivity contribution in [3.05, 3.63) is 11.6 Å². The maximum atomic E-state index is 11.1. The third kappa shape index (κ3) is 9.22. The van der Waals surface area contributed by atoms with Gasteiger partial charge in [-0.2, -0.15) is 0 Å². The van der Waals surface area contributed by atoms with Gasteiger partial charge < -0.3 is 15.4 Å². The van der Waals surface area contributed by atoms with Crippen LogP contribution in [0.25, 0.3) is 0 Å². The molecular formula is C10H20N2O2. The van der Waals surface area contributed by atoms with Gasteiger partial charge in [-0.3, -0.25) is 4.79 Å². The van der Waals surface area contributed by atoms with Crippen LogP contribution < -0.4 is 10.6 Å². The number of hydrogen-bond acceptors (Lipinski definition) is 3. The molecule has 0 unspecified atom stereocenters. The largest absolute Gasteiger partial charge is 0.383 e. The van der Waals surface area contributed by atoms with Gasteiger partial charge >= 0.3 is 0 Å². The first kappa shape index (κ1) is 13.1. The van der Waals surface area contributed by atoms with Crippen molar-refractivity contribution < 1.29 is 9.53 Å². The lowest BCUT2D eigenvalue weighted by atomic mass is 10.3. The van der Waals surface area contributed by atoms with E-state index in [2.05, 4.69) is 10.6 Å². The van der Waals surface area contributed by atoms with E-state index in [9.17, 15) is 4.79 Å². The van der Waals surface area contributed by atoms with Gasteiger partial charge in [0.05, 0.1) is 13.2 Å². The minimum absolute atomic E-state index is 0.0126. The highest BCUT2D eigenvalue weighted by molar-refractivity contribution is 5.78. The van der Waals surface area contributed by atoms with Gasteiger partial charge in [0, 0.05) is 20.2 Å². The van der Waals surface area contributed by atoms with Crippen molar-refractivity contribution in [1.29, 1.82) is 0 Å². The van der Waals surface area contributed by atoms with Gasteiger partial charge in [0.25, 0.3) is 0 Å². The Hall–Kier alpha value is -0.870. The summed E-state index contributed by atoms with van der Waals surface area (Å²) >= 11 is 0. The molecule has 0 aliphatic heterocycles. The van der Waals surface area contributed by atoms with Crippen molar-refractivity contribution in [3.63, 3.8) is 0 Å². The van der Waals surface area contributed by atoms with Gasteiger partial charge in [-0.1, -0.05) is 11.6 Å². The molecule has 0 heterocycles. The highest BCUT2D eigenvalue weighted by atomic mass is 16.5. The molecule has 0 aromatic rings. The second kappa shape index (κ2) is 8.72. The molecule has 0 bridgehead atoms. The zero-order chi connectivity index (χ0) is 10.8. The number of carbonyl (C=O) groups excluding carboxylic acids is 1. The van der Waals surface area contributed by atoms with E-state index < -0.39 is 0 Å². The van der Waals surface area contributed by atoms with E-state index in [4.69, 9.17) is 4.74 Å². The normalized spacial score (nSPS) is 9.64. The smallest absolute Gasteiger partial charge is 0.234 e. The minimum atomic E-state index is 0.0126. The molecule has 0 atom stereocenters. The van der Waals surface area contributed by atoms with Crippen molar-refractivity contribution in [1.82, 2.24) is 10.6 Å². The predicted octanol–water partition coefficient (Wildman–Crippen LogP) is 0.305. The van der Waals surface area contributed by atoms with Gasteiger partial charge in [0.1, 0.15) is 0 Å². The summed E-state index contributed by atoms with van der Waals surface area (Å²) in [6.07, 6.45) is 1.98. The number of amides is 1. The molecule has 0 fully saturated rings. The first-order valence-electron chi connectivity index (χ1n) is 4.76. The summed E-state index contributed by atoms with van der Waals surface area (Å²) < 4.78 is 4.83. The summed E-state index contributed by atoms with van der Waals surface area (Å²) in [6.45, 7) is 6.28. The lowest BCUT2D eigenvalue weighted by molar-refractivity contribution is -0.120. The lowest BCUT2D eigenvalue weighted by Gasteiger charge is -2.04. The maximum Gasteiger partial charge on any atom is 0.234 e. The standard InChI is InChI=1S/C10H20N2O2/c1-9(2)4-5-12-10(13)8-11-6-7-14-3/h4,11H,5-8H2,1-3H3,(H,12,13). The molecule has 0 saturated heterocycles. The highest BCUT2D eigenvalue weighted by Crippen LogP contribution is 1.84. The topological polar surface area (TPSA) is 50.4 Å². The van der Waals surface area contributed by atoms with Crippen LogP contribution in [0.2, 0.25) is 0 Å². The van der Waals surface area contributed by atoms with Crippen LogP contribution in [-0.4, -0.2) is 39.3 Å². The second-order valence-corrected chi connectivity index (χ2v) is 3.26. The summed E-state index contributed by atoms with van der Waals surface area (Å²) in [6, 6.07) is 0. The Morgan fingerprint density at radius 1 is 1.43 bits per heavy atom. The molecule has 0 radical (unpaired) electrons. The summed E-state index contributed by atoms with van der Waals surface area (Å²) in [4.78, 5) is 11.1. The van der Waals surface area contributed by atoms with E-state index in [0.29, 0.717) is 26.2 Å². The SMILES string of the molecule is COCCNCC(=O)NCC=C(C)C. The van der Waals surface area contributed by atoms with Crippen LogP contribution in [0.3, 0.4) is 0 Å². The Labute approximate surface area is 85.7 Å². The molecule has 2 N–H and O–H groups in total. The summed E-state index contributed by atoms with van der Waals surface area (Å²) in [7, 11) is 1.64. The van der Waals surface area contributed by atoms with Crippen LogP contribution in [-0.2, 0) is 9.53 Å². The van der Waals surface area contributed by atoms with Crippen LogP contribution in [0.5, 0.6) is 0 Å². The number of ether oxygens (including phenoxy) is 1. The highest BCUT2D eigenvalue weighted by Gasteiger charge is 1.97. The van der Waals surface area contributed by atoms with Crippen LogP contribution in [0.15, 0.2) is 11.6 Å². The van der Waals surface area contributed by atoms with Crippen LogP contribution in [0, 0.1) is 0 Å². The fraction of sp³-hybridized carbons (Fsp3) is 0.700. The number of allylic oxidation sites excluding steroid dienone is 1. The van der Waals surface area contributed by atoms with Crippen molar-refractivity contribution in [2.45, 2.75) is 13.8 Å². The van der Waals surface area contributed by atoms with Crippen molar-refractivity contribution in [2.24, 2.45) is 0 Å². The Morgan fingerprint density at radius 3 is 2.71 bits per heavy atom. The molecule has 4 heteroatoms. The number of hydrogen-bond donors (Lipinski definition) is 2. The molecule has 82 valence electrons. The van der Waals surface area contributed by atoms with E-state index >= 15 is 0 Å². The lowest BCUT2D eigenvalue weighted by Crippen LogP contribution is -2.35. The average molecular weight is 200 g/mol. The van der Waals surface area contributed by atoms with E-state index in [1.54, 1.807) is 7.11 Å². The Balaban J connectivity index is 3.33. The quantitative estimate of drug-likeness (QED) is 0.459. The first-order chi connectivity index (χ1) is 6.66. The maximum absolute atomic E-state index is 11.1. The summed E-state index contributed by atoms with van der Waals surface area (Å²) in [5, 5.41) is 5.74. The van der Waals surface area contributed by atoms with E-state index in [1.807, 2.05) is 19.9 Å². The molecule has 0 aliphatic carbocycles. The van der Waals surface area contributed by atoms with Crippen LogP contribution in [0.1, 0.15) is 13.8 Å². The number of methoxy groups -OCH3 is 1. The fourth-order valence-corrected chi connectivity index (χ4v) is 0.808. The third-order valence-electron chi connectivity index (χ3n) is 1.58. The molecule has 0 aliphatic rings. The van der Waals surface area contributed by atoms with Crippen molar-refractivity contribution in [3.8, 4) is 0 Å². The zero-order valence-corrected chi connectivity index (χ0v) is 9.22. The van der Waals surface area contributed by atoms with Gasteiger partial charge in [-0.05, 0) is 13.8 Å². The fourth-order valence-electron chi connectivity index (χ4n) is 0.808. The molecule has 0 saturated carbocycles. The molecule has 0 spiro atoms. The third-order valence-corrected chi connectivity index (χ3v) is 1.58. The second-order valence-electron chi connectivity index (χ2n) is 3.26. The summed E-state index contributed by atoms with van der Waals surface area (Å²) in [5.41, 5.74) is 1.21. The predicted molar refractivity (Wildman–Crippen MR) is 57.2 cm³/mol. The molecule has 4 nitrogen and oxygen atoms in total. The van der Waals surface area contributed by atoms with Gasteiger partial charge in [-0.25, -0.2) is 0 Å². The van der Waals surface area contributed by atoms with Gasteiger partial charge in [-0.15, -0.1) is 0 Å².